The minimum Gasteiger partial charge on any atom is -0.466 e. The number of carbonyl (C=O) groups excluding carboxylic acids is 2. The number of aryl methyl sites for hydroxylation is 1. The van der Waals surface area contributed by atoms with Gasteiger partial charge in [0.25, 0.3) is 0 Å². The summed E-state index contributed by atoms with van der Waals surface area (Å²) < 4.78 is 43.2. The number of amides is 1. The van der Waals surface area contributed by atoms with Gasteiger partial charge in [-0.1, -0.05) is 41.9 Å². The zero-order chi connectivity index (χ0) is 20.6. The van der Waals surface area contributed by atoms with Gasteiger partial charge in [0.15, 0.2) is 0 Å². The van der Waals surface area contributed by atoms with Gasteiger partial charge in [-0.15, -0.1) is 0 Å². The zero-order valence-corrected chi connectivity index (χ0v) is 15.6. The van der Waals surface area contributed by atoms with Gasteiger partial charge in [-0.05, 0) is 36.6 Å². The highest BCUT2D eigenvalue weighted by Gasteiger charge is 2.31. The molecule has 0 aliphatic carbocycles. The van der Waals surface area contributed by atoms with Crippen molar-refractivity contribution in [2.45, 2.75) is 31.9 Å². The normalized spacial score (nSPS) is 11.1. The lowest BCUT2D eigenvalue weighted by Crippen LogP contribution is -2.16. The zero-order valence-electron chi connectivity index (χ0n) is 14.9. The lowest BCUT2D eigenvalue weighted by atomic mass is 10.1. The van der Waals surface area contributed by atoms with Crippen LogP contribution in [0.2, 0.25) is 5.02 Å². The molecule has 0 heterocycles. The third kappa shape index (κ3) is 7.23. The van der Waals surface area contributed by atoms with Gasteiger partial charge in [-0.25, -0.2) is 0 Å². The maximum atomic E-state index is 12.7. The number of rotatable bonds is 8. The van der Waals surface area contributed by atoms with E-state index < -0.39 is 23.6 Å². The van der Waals surface area contributed by atoms with E-state index in [1.54, 1.807) is 0 Å². The summed E-state index contributed by atoms with van der Waals surface area (Å²) in [6.45, 7) is 0.231. The summed E-state index contributed by atoms with van der Waals surface area (Å²) in [7, 11) is 0. The average molecular weight is 414 g/mol. The average Bonchev–Trinajstić information content (AvgIpc) is 2.65. The van der Waals surface area contributed by atoms with Gasteiger partial charge in [0.2, 0.25) is 5.91 Å². The van der Waals surface area contributed by atoms with E-state index in [0.717, 1.165) is 30.2 Å². The molecule has 0 atom stereocenters. The fourth-order valence-corrected chi connectivity index (χ4v) is 2.57. The smallest absolute Gasteiger partial charge is 0.416 e. The van der Waals surface area contributed by atoms with Gasteiger partial charge in [0, 0.05) is 6.42 Å². The van der Waals surface area contributed by atoms with Gasteiger partial charge in [0.05, 0.1) is 29.3 Å². The van der Waals surface area contributed by atoms with Crippen LogP contribution in [0.1, 0.15) is 30.4 Å². The van der Waals surface area contributed by atoms with Crippen LogP contribution < -0.4 is 5.32 Å². The molecule has 0 saturated carbocycles. The monoisotopic (exact) mass is 413 g/mol. The van der Waals surface area contributed by atoms with Crippen LogP contribution in [0.15, 0.2) is 48.5 Å². The van der Waals surface area contributed by atoms with Crippen molar-refractivity contribution in [1.29, 1.82) is 0 Å². The highest BCUT2D eigenvalue weighted by Crippen LogP contribution is 2.33. The second-order valence-corrected chi connectivity index (χ2v) is 6.46. The third-order valence-electron chi connectivity index (χ3n) is 3.84. The number of esters is 1. The Morgan fingerprint density at radius 2 is 1.75 bits per heavy atom. The molecule has 0 fully saturated rings. The molecule has 0 radical (unpaired) electrons. The second-order valence-electron chi connectivity index (χ2n) is 6.05. The lowest BCUT2D eigenvalue weighted by Gasteiger charge is -2.11. The molecule has 0 saturated heterocycles. The molecule has 0 unspecified atom stereocenters. The predicted molar refractivity (Wildman–Crippen MR) is 100 cm³/mol. The number of carbonyl (C=O) groups is 2. The van der Waals surface area contributed by atoms with Crippen LogP contribution in [0, 0.1) is 0 Å². The SMILES string of the molecule is O=C(CCC(=O)OCCCc1ccccc1)Nc1cc(C(F)(F)F)ccc1Cl. The van der Waals surface area contributed by atoms with Gasteiger partial charge >= 0.3 is 12.1 Å². The number of alkyl halides is 3. The summed E-state index contributed by atoms with van der Waals surface area (Å²) in [4.78, 5) is 23.6. The van der Waals surface area contributed by atoms with E-state index in [1.165, 1.54) is 0 Å². The van der Waals surface area contributed by atoms with E-state index in [-0.39, 0.29) is 30.2 Å². The van der Waals surface area contributed by atoms with Crippen LogP contribution in [0.25, 0.3) is 0 Å². The molecule has 0 aliphatic heterocycles. The maximum absolute atomic E-state index is 12.7. The van der Waals surface area contributed by atoms with Crippen LogP contribution in [0.4, 0.5) is 18.9 Å². The molecule has 28 heavy (non-hydrogen) atoms. The van der Waals surface area contributed by atoms with Crippen LogP contribution in [-0.4, -0.2) is 18.5 Å². The summed E-state index contributed by atoms with van der Waals surface area (Å²) in [6.07, 6.45) is -3.52. The first-order chi connectivity index (χ1) is 13.3. The van der Waals surface area contributed by atoms with Crippen molar-refractivity contribution >= 4 is 29.2 Å². The van der Waals surface area contributed by atoms with E-state index in [4.69, 9.17) is 16.3 Å². The Labute approximate surface area is 165 Å². The van der Waals surface area contributed by atoms with Crippen LogP contribution in [0.5, 0.6) is 0 Å². The predicted octanol–water partition coefficient (Wildman–Crippen LogP) is 5.25. The van der Waals surface area contributed by atoms with Gasteiger partial charge in [0.1, 0.15) is 0 Å². The van der Waals surface area contributed by atoms with Crippen molar-refractivity contribution in [2.24, 2.45) is 0 Å². The highest BCUT2D eigenvalue weighted by atomic mass is 35.5. The van der Waals surface area contributed by atoms with Crippen molar-refractivity contribution in [2.75, 3.05) is 11.9 Å². The standard InChI is InChI=1S/C20H19ClF3NO3/c21-16-9-8-15(20(22,23)24)13-17(16)25-18(26)10-11-19(27)28-12-4-7-14-5-2-1-3-6-14/h1-3,5-6,8-9,13H,4,7,10-12H2,(H,25,26). The maximum Gasteiger partial charge on any atom is 0.416 e. The van der Waals surface area contributed by atoms with E-state index >= 15 is 0 Å². The summed E-state index contributed by atoms with van der Waals surface area (Å²) in [5.74, 6) is -1.17. The summed E-state index contributed by atoms with van der Waals surface area (Å²) in [5, 5.41) is 2.26. The molecule has 0 aromatic heterocycles. The van der Waals surface area contributed by atoms with Crippen molar-refractivity contribution in [3.05, 3.63) is 64.7 Å². The molecule has 4 nitrogen and oxygen atoms in total. The summed E-state index contributed by atoms with van der Waals surface area (Å²) >= 11 is 5.81. The molecule has 0 spiro atoms. The highest BCUT2D eigenvalue weighted by molar-refractivity contribution is 6.33. The molecule has 2 rings (SSSR count). The van der Waals surface area contributed by atoms with Crippen molar-refractivity contribution < 1.29 is 27.5 Å². The van der Waals surface area contributed by atoms with E-state index in [2.05, 4.69) is 5.32 Å². The first-order valence-electron chi connectivity index (χ1n) is 8.62. The Morgan fingerprint density at radius 3 is 2.43 bits per heavy atom. The van der Waals surface area contributed by atoms with Crippen LogP contribution in [0.3, 0.4) is 0 Å². The minimum atomic E-state index is -4.55. The van der Waals surface area contributed by atoms with Gasteiger partial charge in [-0.2, -0.15) is 13.2 Å². The molecule has 2 aromatic carbocycles. The summed E-state index contributed by atoms with van der Waals surface area (Å²) in [6, 6.07) is 12.4. The first kappa shape index (κ1) is 21.8. The fraction of sp³-hybridized carbons (Fsp3) is 0.300. The minimum absolute atomic E-state index is 0.0233. The third-order valence-corrected chi connectivity index (χ3v) is 4.17. The Hall–Kier alpha value is -2.54. The molecule has 1 amide bonds. The molecular weight excluding hydrogens is 395 g/mol. The van der Waals surface area contributed by atoms with Gasteiger partial charge in [-0.3, -0.25) is 9.59 Å². The van der Waals surface area contributed by atoms with E-state index in [1.807, 2.05) is 30.3 Å². The first-order valence-corrected chi connectivity index (χ1v) is 8.99. The van der Waals surface area contributed by atoms with Crippen LogP contribution >= 0.6 is 11.6 Å². The Morgan fingerprint density at radius 1 is 1.04 bits per heavy atom. The molecule has 150 valence electrons. The fourth-order valence-electron chi connectivity index (χ4n) is 2.40. The number of hydrogen-bond donors (Lipinski definition) is 1. The lowest BCUT2D eigenvalue weighted by molar-refractivity contribution is -0.144. The Balaban J connectivity index is 1.72. The topological polar surface area (TPSA) is 55.4 Å². The number of nitrogens with one attached hydrogen (secondary N) is 1. The number of anilines is 1. The number of hydrogen-bond acceptors (Lipinski definition) is 3. The van der Waals surface area contributed by atoms with Crippen molar-refractivity contribution in [3.8, 4) is 0 Å². The van der Waals surface area contributed by atoms with Gasteiger partial charge < -0.3 is 10.1 Å². The molecular formula is C20H19ClF3NO3. The van der Waals surface area contributed by atoms with Crippen molar-refractivity contribution in [3.63, 3.8) is 0 Å². The Kier molecular flexibility index (Phi) is 7.87. The number of benzene rings is 2. The van der Waals surface area contributed by atoms with Crippen molar-refractivity contribution in [1.82, 2.24) is 0 Å². The number of ether oxygens (including phenoxy) is 1. The number of halogens is 4. The quantitative estimate of drug-likeness (QED) is 0.475. The summed E-state index contributed by atoms with van der Waals surface area (Å²) in [5.41, 5.74) is 0.0543. The van der Waals surface area contributed by atoms with Crippen LogP contribution in [-0.2, 0) is 26.9 Å². The van der Waals surface area contributed by atoms with E-state index in [9.17, 15) is 22.8 Å². The van der Waals surface area contributed by atoms with E-state index in [0.29, 0.717) is 6.42 Å². The molecule has 0 aliphatic rings. The molecule has 8 heteroatoms. The molecule has 0 bridgehead atoms. The molecule has 2 aromatic rings. The second kappa shape index (κ2) is 10.1. The largest absolute Gasteiger partial charge is 0.466 e. The molecule has 1 N–H and O–H groups in total. The Bertz CT molecular complexity index is 810.